The van der Waals surface area contributed by atoms with Crippen molar-refractivity contribution >= 4 is 12.4 Å². The van der Waals surface area contributed by atoms with Gasteiger partial charge in [0.1, 0.15) is 5.75 Å². The van der Waals surface area contributed by atoms with Crippen molar-refractivity contribution in [1.82, 2.24) is 4.90 Å². The predicted octanol–water partition coefficient (Wildman–Crippen LogP) is 2.75. The summed E-state index contributed by atoms with van der Waals surface area (Å²) in [6, 6.07) is 7.09. The van der Waals surface area contributed by atoms with Gasteiger partial charge >= 0.3 is 0 Å². The molecule has 1 aliphatic carbocycles. The minimum Gasteiger partial charge on any atom is -0.508 e. The zero-order chi connectivity index (χ0) is 13.2. The molecule has 1 aromatic carbocycles. The predicted molar refractivity (Wildman–Crippen MR) is 79.8 cm³/mol. The summed E-state index contributed by atoms with van der Waals surface area (Å²) in [5, 5.41) is 20.6. The van der Waals surface area contributed by atoms with E-state index in [9.17, 15) is 10.2 Å². The third-order valence-corrected chi connectivity index (χ3v) is 3.97. The van der Waals surface area contributed by atoms with E-state index in [1.807, 2.05) is 26.2 Å². The number of hydrogen-bond acceptors (Lipinski definition) is 3. The van der Waals surface area contributed by atoms with Crippen LogP contribution in [0.5, 0.6) is 5.75 Å². The first-order valence-electron chi connectivity index (χ1n) is 6.69. The molecular formula is C15H24ClNO2. The number of aromatic hydroxyl groups is 1. The van der Waals surface area contributed by atoms with Crippen LogP contribution in [-0.2, 0) is 5.60 Å². The highest BCUT2D eigenvalue weighted by Crippen LogP contribution is 2.42. The van der Waals surface area contributed by atoms with E-state index in [1.54, 1.807) is 12.1 Å². The van der Waals surface area contributed by atoms with Crippen LogP contribution in [0.25, 0.3) is 0 Å². The Morgan fingerprint density at radius 1 is 1.32 bits per heavy atom. The monoisotopic (exact) mass is 285 g/mol. The van der Waals surface area contributed by atoms with Crippen LogP contribution in [0.2, 0.25) is 0 Å². The van der Waals surface area contributed by atoms with E-state index in [0.29, 0.717) is 0 Å². The Labute approximate surface area is 121 Å². The molecule has 0 aliphatic heterocycles. The Kier molecular flexibility index (Phi) is 5.65. The topological polar surface area (TPSA) is 43.7 Å². The average Bonchev–Trinajstić information content (AvgIpc) is 2.32. The van der Waals surface area contributed by atoms with Crippen LogP contribution in [0.15, 0.2) is 24.3 Å². The first kappa shape index (κ1) is 16.3. The largest absolute Gasteiger partial charge is 0.508 e. The van der Waals surface area contributed by atoms with Crippen LogP contribution in [0.4, 0.5) is 0 Å². The second-order valence-corrected chi connectivity index (χ2v) is 5.68. The van der Waals surface area contributed by atoms with Gasteiger partial charge in [-0.25, -0.2) is 0 Å². The van der Waals surface area contributed by atoms with Crippen molar-refractivity contribution in [2.75, 3.05) is 20.6 Å². The maximum Gasteiger partial charge on any atom is 0.115 e. The first-order chi connectivity index (χ1) is 8.52. The van der Waals surface area contributed by atoms with Crippen LogP contribution in [0, 0.1) is 5.92 Å². The lowest BCUT2D eigenvalue weighted by atomic mass is 9.71. The third kappa shape index (κ3) is 3.62. The summed E-state index contributed by atoms with van der Waals surface area (Å²) >= 11 is 0. The molecule has 3 nitrogen and oxygen atoms in total. The molecule has 0 spiro atoms. The van der Waals surface area contributed by atoms with Gasteiger partial charge in [-0.15, -0.1) is 12.4 Å². The van der Waals surface area contributed by atoms with Crippen LogP contribution in [0.1, 0.15) is 31.2 Å². The standard InChI is InChI=1S/C15H23NO2.ClH/c1-16(2)11-13-6-3-4-9-15(13,18)12-7-5-8-14(17)10-12;/h5,7-8,10,13,17-18H,3-4,6,9,11H2,1-2H3;1H/t13?,15-;/m0./s1. The number of nitrogens with zero attached hydrogens (tertiary/aromatic N) is 1. The van der Waals surface area contributed by atoms with Crippen molar-refractivity contribution < 1.29 is 10.2 Å². The fourth-order valence-electron chi connectivity index (χ4n) is 3.07. The molecule has 0 bridgehead atoms. The summed E-state index contributed by atoms with van der Waals surface area (Å²) in [7, 11) is 4.08. The minimum atomic E-state index is -0.790. The van der Waals surface area contributed by atoms with Gasteiger partial charge in [0.2, 0.25) is 0 Å². The van der Waals surface area contributed by atoms with E-state index < -0.39 is 5.60 Å². The first-order valence-corrected chi connectivity index (χ1v) is 6.69. The Morgan fingerprint density at radius 3 is 2.68 bits per heavy atom. The van der Waals surface area contributed by atoms with Gasteiger partial charge in [-0.05, 0) is 44.6 Å². The Bertz CT molecular complexity index is 411. The van der Waals surface area contributed by atoms with Crippen LogP contribution in [0.3, 0.4) is 0 Å². The second-order valence-electron chi connectivity index (χ2n) is 5.68. The quantitative estimate of drug-likeness (QED) is 0.897. The van der Waals surface area contributed by atoms with Crippen molar-refractivity contribution in [3.8, 4) is 5.75 Å². The summed E-state index contributed by atoms with van der Waals surface area (Å²) in [6.45, 7) is 0.881. The molecule has 0 saturated heterocycles. The summed E-state index contributed by atoms with van der Waals surface area (Å²) < 4.78 is 0. The fraction of sp³-hybridized carbons (Fsp3) is 0.600. The van der Waals surface area contributed by atoms with Crippen molar-refractivity contribution in [1.29, 1.82) is 0 Å². The molecule has 0 radical (unpaired) electrons. The number of phenolic OH excluding ortho intramolecular Hbond substituents is 1. The van der Waals surface area contributed by atoms with Gasteiger partial charge in [0, 0.05) is 12.5 Å². The summed E-state index contributed by atoms with van der Waals surface area (Å²) in [5.74, 6) is 0.471. The molecule has 1 saturated carbocycles. The van der Waals surface area contributed by atoms with E-state index >= 15 is 0 Å². The fourth-order valence-corrected chi connectivity index (χ4v) is 3.07. The molecule has 1 aliphatic rings. The smallest absolute Gasteiger partial charge is 0.115 e. The number of hydrogen-bond donors (Lipinski definition) is 2. The lowest BCUT2D eigenvalue weighted by Gasteiger charge is -2.41. The molecule has 0 amide bonds. The molecule has 4 heteroatoms. The zero-order valence-electron chi connectivity index (χ0n) is 11.7. The van der Waals surface area contributed by atoms with Crippen molar-refractivity contribution in [2.24, 2.45) is 5.92 Å². The SMILES string of the molecule is CN(C)CC1CCCC[C@]1(O)c1cccc(O)c1.Cl. The van der Waals surface area contributed by atoms with Gasteiger partial charge in [-0.3, -0.25) is 0 Å². The highest BCUT2D eigenvalue weighted by molar-refractivity contribution is 5.85. The molecule has 0 aromatic heterocycles. The van der Waals surface area contributed by atoms with Crippen molar-refractivity contribution in [3.63, 3.8) is 0 Å². The van der Waals surface area contributed by atoms with E-state index in [1.165, 1.54) is 6.42 Å². The van der Waals surface area contributed by atoms with Crippen LogP contribution in [-0.4, -0.2) is 35.8 Å². The maximum atomic E-state index is 11.0. The number of benzene rings is 1. The third-order valence-electron chi connectivity index (χ3n) is 3.97. The molecule has 2 rings (SSSR count). The Morgan fingerprint density at radius 2 is 2.05 bits per heavy atom. The number of rotatable bonds is 3. The van der Waals surface area contributed by atoms with E-state index in [-0.39, 0.29) is 24.1 Å². The van der Waals surface area contributed by atoms with Crippen molar-refractivity contribution in [2.45, 2.75) is 31.3 Å². The summed E-state index contributed by atoms with van der Waals surface area (Å²) in [6.07, 6.45) is 4.06. The average molecular weight is 286 g/mol. The van der Waals surface area contributed by atoms with E-state index in [2.05, 4.69) is 4.90 Å². The molecule has 2 atom stereocenters. The number of phenols is 1. The molecule has 19 heavy (non-hydrogen) atoms. The summed E-state index contributed by atoms with van der Waals surface area (Å²) in [5.41, 5.74) is 0.0652. The van der Waals surface area contributed by atoms with Gasteiger partial charge < -0.3 is 15.1 Å². The van der Waals surface area contributed by atoms with Crippen LogP contribution >= 0.6 is 12.4 Å². The van der Waals surface area contributed by atoms with Gasteiger partial charge in [0.15, 0.2) is 0 Å². The normalized spacial score (nSPS) is 27.1. The molecule has 2 N–H and O–H groups in total. The lowest BCUT2D eigenvalue weighted by Crippen LogP contribution is -2.43. The van der Waals surface area contributed by atoms with Crippen molar-refractivity contribution in [3.05, 3.63) is 29.8 Å². The highest BCUT2D eigenvalue weighted by Gasteiger charge is 2.40. The second kappa shape index (κ2) is 6.60. The minimum absolute atomic E-state index is 0. The molecule has 1 aromatic rings. The van der Waals surface area contributed by atoms with Crippen LogP contribution < -0.4 is 0 Å². The van der Waals surface area contributed by atoms with E-state index in [4.69, 9.17) is 0 Å². The molecule has 0 heterocycles. The summed E-state index contributed by atoms with van der Waals surface area (Å²) in [4.78, 5) is 2.13. The molecule has 1 fully saturated rings. The highest BCUT2D eigenvalue weighted by atomic mass is 35.5. The maximum absolute atomic E-state index is 11.0. The lowest BCUT2D eigenvalue weighted by molar-refractivity contribution is -0.0619. The van der Waals surface area contributed by atoms with Gasteiger partial charge in [0.25, 0.3) is 0 Å². The Hall–Kier alpha value is -0.770. The van der Waals surface area contributed by atoms with Gasteiger partial charge in [-0.2, -0.15) is 0 Å². The molecule has 108 valence electrons. The van der Waals surface area contributed by atoms with Gasteiger partial charge in [0.05, 0.1) is 5.60 Å². The molecular weight excluding hydrogens is 262 g/mol. The zero-order valence-corrected chi connectivity index (χ0v) is 12.5. The number of halogens is 1. The molecule has 1 unspecified atom stereocenters. The Balaban J connectivity index is 0.00000180. The van der Waals surface area contributed by atoms with Gasteiger partial charge in [-0.1, -0.05) is 25.0 Å². The van der Waals surface area contributed by atoms with E-state index in [0.717, 1.165) is 31.4 Å². The number of aliphatic hydroxyl groups is 1.